The second-order valence-corrected chi connectivity index (χ2v) is 9.92. The molecule has 164 valence electrons. The van der Waals surface area contributed by atoms with Gasteiger partial charge in [-0.25, -0.2) is 0 Å². The maximum absolute atomic E-state index is 2.54. The topological polar surface area (TPSA) is 0 Å². The molecule has 0 spiro atoms. The van der Waals surface area contributed by atoms with E-state index in [1.54, 1.807) is 11.1 Å². The van der Waals surface area contributed by atoms with Crippen LogP contribution in [0, 0.1) is 18.8 Å². The van der Waals surface area contributed by atoms with E-state index >= 15 is 0 Å². The van der Waals surface area contributed by atoms with Gasteiger partial charge in [-0.3, -0.25) is 0 Å². The molecule has 0 nitrogen and oxygen atoms in total. The average molecular weight is 405 g/mol. The lowest BCUT2D eigenvalue weighted by atomic mass is 9.65. The van der Waals surface area contributed by atoms with Crippen LogP contribution in [-0.4, -0.2) is 0 Å². The SMILES string of the molecule is CCCCC(CC)CC1(CC(CC)CCCC)c2ccccc2-c2ccc(C)cc21. The van der Waals surface area contributed by atoms with Crippen LogP contribution in [0.1, 0.15) is 109 Å². The van der Waals surface area contributed by atoms with Crippen molar-refractivity contribution in [1.82, 2.24) is 0 Å². The summed E-state index contributed by atoms with van der Waals surface area (Å²) in [5.41, 5.74) is 7.87. The summed E-state index contributed by atoms with van der Waals surface area (Å²) >= 11 is 0. The molecule has 0 fully saturated rings. The van der Waals surface area contributed by atoms with E-state index < -0.39 is 0 Å². The Hall–Kier alpha value is -1.56. The fraction of sp³-hybridized carbons (Fsp3) is 0.600. The highest BCUT2D eigenvalue weighted by atomic mass is 14.5. The molecule has 0 amide bonds. The van der Waals surface area contributed by atoms with Gasteiger partial charge in [0.05, 0.1) is 0 Å². The molecule has 0 aliphatic heterocycles. The molecule has 0 aromatic heterocycles. The highest BCUT2D eigenvalue weighted by Gasteiger charge is 2.44. The lowest BCUT2D eigenvalue weighted by molar-refractivity contribution is 0.266. The highest BCUT2D eigenvalue weighted by Crippen LogP contribution is 2.56. The Labute approximate surface area is 186 Å². The summed E-state index contributed by atoms with van der Waals surface area (Å²) in [6, 6.07) is 16.6. The van der Waals surface area contributed by atoms with Crippen molar-refractivity contribution in [2.24, 2.45) is 11.8 Å². The molecule has 0 N–H and O–H groups in total. The van der Waals surface area contributed by atoms with Crippen LogP contribution >= 0.6 is 0 Å². The van der Waals surface area contributed by atoms with E-state index in [0.29, 0.717) is 0 Å². The van der Waals surface area contributed by atoms with Gasteiger partial charge < -0.3 is 0 Å². The zero-order valence-corrected chi connectivity index (χ0v) is 20.3. The molecule has 0 bridgehead atoms. The predicted molar refractivity (Wildman–Crippen MR) is 133 cm³/mol. The summed E-state index contributed by atoms with van der Waals surface area (Å²) in [4.78, 5) is 0. The van der Waals surface area contributed by atoms with E-state index in [9.17, 15) is 0 Å². The molecule has 1 aliphatic rings. The van der Waals surface area contributed by atoms with Gasteiger partial charge in [0.2, 0.25) is 0 Å². The normalized spacial score (nSPS) is 19.4. The standard InChI is InChI=1S/C30H44/c1-6-10-14-24(8-3)21-30(22-25(9-4)15-11-7-2)28-17-13-12-16-26(28)27-19-18-23(5)20-29(27)30/h12-13,16-20,24-25H,6-11,14-15,21-22H2,1-5H3. The van der Waals surface area contributed by atoms with Gasteiger partial charge in [-0.2, -0.15) is 0 Å². The highest BCUT2D eigenvalue weighted by molar-refractivity contribution is 5.81. The van der Waals surface area contributed by atoms with E-state index in [0.717, 1.165) is 11.8 Å². The third-order valence-electron chi connectivity index (χ3n) is 7.78. The fourth-order valence-corrected chi connectivity index (χ4v) is 5.96. The van der Waals surface area contributed by atoms with Crippen LogP contribution in [0.5, 0.6) is 0 Å². The van der Waals surface area contributed by atoms with Gasteiger partial charge >= 0.3 is 0 Å². The third-order valence-corrected chi connectivity index (χ3v) is 7.78. The number of rotatable bonds is 12. The molecule has 2 atom stereocenters. The molecule has 0 saturated carbocycles. The van der Waals surface area contributed by atoms with Crippen molar-refractivity contribution in [3.63, 3.8) is 0 Å². The van der Waals surface area contributed by atoms with Crippen LogP contribution in [0.25, 0.3) is 11.1 Å². The molecule has 0 radical (unpaired) electrons. The van der Waals surface area contributed by atoms with E-state index in [1.807, 2.05) is 0 Å². The molecule has 0 saturated heterocycles. The van der Waals surface area contributed by atoms with E-state index in [2.05, 4.69) is 77.1 Å². The number of hydrogen-bond donors (Lipinski definition) is 0. The molecule has 2 aromatic rings. The minimum absolute atomic E-state index is 0.195. The second-order valence-electron chi connectivity index (χ2n) is 9.92. The van der Waals surface area contributed by atoms with Crippen LogP contribution in [-0.2, 0) is 5.41 Å². The number of unbranched alkanes of at least 4 members (excludes halogenated alkanes) is 2. The first kappa shape index (κ1) is 23.1. The summed E-state index contributed by atoms with van der Waals surface area (Å²) in [7, 11) is 0. The molecule has 2 aromatic carbocycles. The van der Waals surface area contributed by atoms with Gasteiger partial charge in [0.1, 0.15) is 0 Å². The third kappa shape index (κ3) is 4.68. The van der Waals surface area contributed by atoms with Crippen molar-refractivity contribution in [3.05, 3.63) is 59.2 Å². The van der Waals surface area contributed by atoms with E-state index in [-0.39, 0.29) is 5.41 Å². The zero-order valence-electron chi connectivity index (χ0n) is 20.3. The smallest absolute Gasteiger partial charge is 0.0220 e. The van der Waals surface area contributed by atoms with Crippen molar-refractivity contribution >= 4 is 0 Å². The number of fused-ring (bicyclic) bond motifs is 3. The molecule has 2 unspecified atom stereocenters. The lowest BCUT2D eigenvalue weighted by Gasteiger charge is -2.38. The van der Waals surface area contributed by atoms with E-state index in [4.69, 9.17) is 0 Å². The first-order valence-electron chi connectivity index (χ1n) is 12.8. The first-order chi connectivity index (χ1) is 14.6. The number of aryl methyl sites for hydroxylation is 1. The molecular weight excluding hydrogens is 360 g/mol. The van der Waals surface area contributed by atoms with Gasteiger partial charge in [0.15, 0.2) is 0 Å². The summed E-state index contributed by atoms with van der Waals surface area (Å²) < 4.78 is 0. The summed E-state index contributed by atoms with van der Waals surface area (Å²) in [6.07, 6.45) is 13.3. The van der Waals surface area contributed by atoms with Crippen molar-refractivity contribution in [2.45, 2.75) is 104 Å². The van der Waals surface area contributed by atoms with Crippen molar-refractivity contribution < 1.29 is 0 Å². The molecule has 3 rings (SSSR count). The fourth-order valence-electron chi connectivity index (χ4n) is 5.96. The maximum atomic E-state index is 2.54. The van der Waals surface area contributed by atoms with Crippen molar-refractivity contribution in [3.8, 4) is 11.1 Å². The van der Waals surface area contributed by atoms with Crippen LogP contribution in [0.4, 0.5) is 0 Å². The summed E-state index contributed by atoms with van der Waals surface area (Å²) in [5.74, 6) is 1.63. The van der Waals surface area contributed by atoms with Crippen LogP contribution in [0.2, 0.25) is 0 Å². The van der Waals surface area contributed by atoms with Gasteiger partial charge in [-0.15, -0.1) is 0 Å². The Bertz CT molecular complexity index is 781. The lowest BCUT2D eigenvalue weighted by Crippen LogP contribution is -2.31. The van der Waals surface area contributed by atoms with Gasteiger partial charge in [0.25, 0.3) is 0 Å². The average Bonchev–Trinajstić information content (AvgIpc) is 3.03. The minimum atomic E-state index is 0.195. The monoisotopic (exact) mass is 404 g/mol. The Morgan fingerprint density at radius 3 is 1.83 bits per heavy atom. The zero-order chi connectivity index (χ0) is 21.6. The minimum Gasteiger partial charge on any atom is -0.0654 e. The Balaban J connectivity index is 2.12. The van der Waals surface area contributed by atoms with Gasteiger partial charge in [-0.1, -0.05) is 127 Å². The van der Waals surface area contributed by atoms with E-state index in [1.165, 1.54) is 80.9 Å². The van der Waals surface area contributed by atoms with Crippen molar-refractivity contribution in [1.29, 1.82) is 0 Å². The van der Waals surface area contributed by atoms with Gasteiger partial charge in [0, 0.05) is 5.41 Å². The van der Waals surface area contributed by atoms with Crippen molar-refractivity contribution in [2.75, 3.05) is 0 Å². The predicted octanol–water partition coefficient (Wildman–Crippen LogP) is 9.47. The summed E-state index contributed by atoms with van der Waals surface area (Å²) in [5, 5.41) is 0. The second kappa shape index (κ2) is 10.7. The first-order valence-corrected chi connectivity index (χ1v) is 12.8. The largest absolute Gasteiger partial charge is 0.0654 e. The molecule has 30 heavy (non-hydrogen) atoms. The Morgan fingerprint density at radius 1 is 0.700 bits per heavy atom. The summed E-state index contributed by atoms with van der Waals surface area (Å²) in [6.45, 7) is 11.8. The van der Waals surface area contributed by atoms with Crippen LogP contribution < -0.4 is 0 Å². The molecule has 1 aliphatic carbocycles. The quantitative estimate of drug-likeness (QED) is 0.330. The van der Waals surface area contributed by atoms with Gasteiger partial charge in [-0.05, 0) is 53.9 Å². The van der Waals surface area contributed by atoms with Crippen LogP contribution in [0.3, 0.4) is 0 Å². The number of benzene rings is 2. The molecule has 0 heteroatoms. The molecule has 0 heterocycles. The Kier molecular flexibility index (Phi) is 8.20. The Morgan fingerprint density at radius 2 is 1.27 bits per heavy atom. The number of hydrogen-bond acceptors (Lipinski definition) is 0. The molecular formula is C30H44. The van der Waals surface area contributed by atoms with Crippen LogP contribution in [0.15, 0.2) is 42.5 Å². The maximum Gasteiger partial charge on any atom is 0.0220 e.